The molecule has 8 heteroatoms. The summed E-state index contributed by atoms with van der Waals surface area (Å²) in [6.45, 7) is 15.8. The predicted molar refractivity (Wildman–Crippen MR) is 154 cm³/mol. The molecule has 2 aliphatic rings. The van der Waals surface area contributed by atoms with Gasteiger partial charge in [0.1, 0.15) is 0 Å². The Morgan fingerprint density at radius 1 is 0.763 bits per heavy atom. The Kier molecular flexibility index (Phi) is 14.7. The molecule has 0 radical (unpaired) electrons. The maximum absolute atomic E-state index is 12.9. The highest BCUT2D eigenvalue weighted by Crippen LogP contribution is 2.27. The first-order valence-corrected chi connectivity index (χ1v) is 14.8. The SMILES string of the molecule is C=CCCCCCC[C@H](CCC)C(=O)N1C(=O)N(C)[C@@H](C)[C@H]1C.CCCCC(=O)N1C(=O)N(C)[C@@H](C)[C@H]1C. The summed E-state index contributed by atoms with van der Waals surface area (Å²) in [7, 11) is 3.53. The molecule has 2 fully saturated rings. The normalized spacial score (nSPS) is 24.0. The van der Waals surface area contributed by atoms with Crippen molar-refractivity contribution in [3.8, 4) is 0 Å². The highest BCUT2D eigenvalue weighted by atomic mass is 16.2. The molecule has 218 valence electrons. The van der Waals surface area contributed by atoms with E-state index in [9.17, 15) is 19.2 Å². The molecule has 0 bridgehead atoms. The van der Waals surface area contributed by atoms with E-state index in [1.165, 1.54) is 22.6 Å². The monoisotopic (exact) mass is 534 g/mol. The molecule has 0 spiro atoms. The van der Waals surface area contributed by atoms with Gasteiger partial charge in [-0.25, -0.2) is 9.59 Å². The molecule has 8 nitrogen and oxygen atoms in total. The van der Waals surface area contributed by atoms with Gasteiger partial charge in [-0.05, 0) is 59.8 Å². The average molecular weight is 535 g/mol. The van der Waals surface area contributed by atoms with E-state index in [1.54, 1.807) is 23.9 Å². The molecule has 0 aliphatic carbocycles. The lowest BCUT2D eigenvalue weighted by Crippen LogP contribution is -2.42. The van der Waals surface area contributed by atoms with E-state index in [1.807, 2.05) is 40.7 Å². The van der Waals surface area contributed by atoms with E-state index < -0.39 is 0 Å². The number of hydrogen-bond donors (Lipinski definition) is 0. The molecular weight excluding hydrogens is 480 g/mol. The summed E-state index contributed by atoms with van der Waals surface area (Å²) in [6, 6.07) is -0.132. The predicted octanol–water partition coefficient (Wildman–Crippen LogP) is 6.45. The molecule has 2 aliphatic heterocycles. The Labute approximate surface area is 231 Å². The summed E-state index contributed by atoms with van der Waals surface area (Å²) >= 11 is 0. The van der Waals surface area contributed by atoms with Gasteiger partial charge in [0, 0.05) is 26.4 Å². The van der Waals surface area contributed by atoms with Crippen LogP contribution in [-0.2, 0) is 9.59 Å². The van der Waals surface area contributed by atoms with Crippen molar-refractivity contribution in [2.24, 2.45) is 5.92 Å². The number of rotatable bonds is 13. The number of hydrogen-bond acceptors (Lipinski definition) is 4. The van der Waals surface area contributed by atoms with Gasteiger partial charge in [0.15, 0.2) is 0 Å². The third-order valence-electron chi connectivity index (χ3n) is 8.40. The summed E-state index contributed by atoms with van der Waals surface area (Å²) in [4.78, 5) is 55.0. The molecular formula is C30H54N4O4. The number of allylic oxidation sites excluding steroid dienone is 1. The number of amides is 6. The summed E-state index contributed by atoms with van der Waals surface area (Å²) in [5.74, 6) is -0.0123. The van der Waals surface area contributed by atoms with Crippen molar-refractivity contribution in [1.29, 1.82) is 0 Å². The molecule has 5 atom stereocenters. The highest BCUT2D eigenvalue weighted by molar-refractivity contribution is 5.98. The number of carbonyl (C=O) groups is 4. The molecule has 0 aromatic rings. The molecule has 2 rings (SSSR count). The van der Waals surface area contributed by atoms with E-state index in [2.05, 4.69) is 13.5 Å². The first-order valence-electron chi connectivity index (χ1n) is 14.8. The first kappa shape index (κ1) is 33.6. The fraction of sp³-hybridized carbons (Fsp3) is 0.800. The van der Waals surface area contributed by atoms with Crippen molar-refractivity contribution in [2.45, 2.75) is 136 Å². The van der Waals surface area contributed by atoms with Crippen molar-refractivity contribution < 1.29 is 19.2 Å². The lowest BCUT2D eigenvalue weighted by molar-refractivity contribution is -0.134. The van der Waals surface area contributed by atoms with E-state index in [-0.39, 0.29) is 54.0 Å². The van der Waals surface area contributed by atoms with Gasteiger partial charge < -0.3 is 9.80 Å². The van der Waals surface area contributed by atoms with Gasteiger partial charge in [0.25, 0.3) is 0 Å². The zero-order valence-corrected chi connectivity index (χ0v) is 25.4. The molecule has 38 heavy (non-hydrogen) atoms. The minimum absolute atomic E-state index is 0.00754. The molecule has 0 saturated carbocycles. The van der Waals surface area contributed by atoms with Crippen LogP contribution < -0.4 is 0 Å². The van der Waals surface area contributed by atoms with Crippen LogP contribution in [-0.4, -0.2) is 81.7 Å². The van der Waals surface area contributed by atoms with Gasteiger partial charge in [0.2, 0.25) is 11.8 Å². The molecule has 0 aromatic carbocycles. The molecule has 0 aromatic heterocycles. The van der Waals surface area contributed by atoms with Crippen LogP contribution in [0.5, 0.6) is 0 Å². The van der Waals surface area contributed by atoms with Crippen LogP contribution in [0.15, 0.2) is 12.7 Å². The first-order chi connectivity index (χ1) is 18.0. The minimum atomic E-state index is -0.156. The average Bonchev–Trinajstić information content (AvgIpc) is 3.21. The van der Waals surface area contributed by atoms with Crippen LogP contribution in [0, 0.1) is 5.92 Å². The van der Waals surface area contributed by atoms with Gasteiger partial charge in [0.05, 0.1) is 24.2 Å². The molecule has 2 saturated heterocycles. The Hall–Kier alpha value is -2.38. The van der Waals surface area contributed by atoms with Gasteiger partial charge in [-0.15, -0.1) is 6.58 Å². The third-order valence-corrected chi connectivity index (χ3v) is 8.40. The summed E-state index contributed by atoms with van der Waals surface area (Å²) in [6.07, 6.45) is 12.7. The standard InChI is InChI=1S/C19H34N2O2.C11H20N2O2/c1-6-8-9-10-11-12-14-17(13-7-2)18(22)21-16(4)15(3)20(5)19(21)23;1-5-6-7-10(14)13-9(3)8(2)12(4)11(13)15/h6,15-17H,1,7-14H2,2-5H3;8-9H,5-7H2,1-4H3/t15-,16+,17-;8-,9+/m00/s1. The zero-order chi connectivity index (χ0) is 29.0. The molecule has 0 N–H and O–H groups in total. The van der Waals surface area contributed by atoms with Crippen molar-refractivity contribution in [3.63, 3.8) is 0 Å². The zero-order valence-electron chi connectivity index (χ0n) is 25.4. The van der Waals surface area contributed by atoms with Crippen LogP contribution in [0.2, 0.25) is 0 Å². The lowest BCUT2D eigenvalue weighted by atomic mass is 9.94. The summed E-state index contributed by atoms with van der Waals surface area (Å²) in [5, 5.41) is 0. The number of nitrogens with zero attached hydrogens (tertiary/aromatic N) is 4. The van der Waals surface area contributed by atoms with Crippen LogP contribution >= 0.6 is 0 Å². The van der Waals surface area contributed by atoms with Crippen LogP contribution in [0.1, 0.15) is 112 Å². The van der Waals surface area contributed by atoms with Gasteiger partial charge >= 0.3 is 12.1 Å². The van der Waals surface area contributed by atoms with Gasteiger partial charge in [-0.1, -0.05) is 52.0 Å². The van der Waals surface area contributed by atoms with Crippen molar-refractivity contribution in [1.82, 2.24) is 19.6 Å². The minimum Gasteiger partial charge on any atom is -0.323 e. The summed E-state index contributed by atoms with van der Waals surface area (Å²) in [5.41, 5.74) is 0. The number of imide groups is 2. The number of unbranched alkanes of at least 4 members (excludes halogenated alkanes) is 5. The van der Waals surface area contributed by atoms with Crippen molar-refractivity contribution in [2.75, 3.05) is 14.1 Å². The van der Waals surface area contributed by atoms with Crippen molar-refractivity contribution >= 4 is 23.9 Å². The number of carbonyl (C=O) groups excluding carboxylic acids is 4. The molecule has 0 unspecified atom stereocenters. The smallest absolute Gasteiger partial charge is 0.323 e. The second-order valence-corrected chi connectivity index (χ2v) is 11.1. The van der Waals surface area contributed by atoms with E-state index in [4.69, 9.17) is 0 Å². The quantitative estimate of drug-likeness (QED) is 0.201. The summed E-state index contributed by atoms with van der Waals surface area (Å²) < 4.78 is 0. The Balaban J connectivity index is 0.000000415. The van der Waals surface area contributed by atoms with E-state index >= 15 is 0 Å². The second kappa shape index (κ2) is 16.6. The fourth-order valence-corrected chi connectivity index (χ4v) is 5.16. The molecule has 2 heterocycles. The number of likely N-dealkylation sites (N-methyl/N-ethyl adjacent to an activating group) is 2. The Morgan fingerprint density at radius 3 is 1.74 bits per heavy atom. The van der Waals surface area contributed by atoms with E-state index in [0.29, 0.717) is 6.42 Å². The Morgan fingerprint density at radius 2 is 1.29 bits per heavy atom. The van der Waals surface area contributed by atoms with E-state index in [0.717, 1.165) is 51.4 Å². The van der Waals surface area contributed by atoms with Crippen LogP contribution in [0.3, 0.4) is 0 Å². The second-order valence-electron chi connectivity index (χ2n) is 11.1. The van der Waals surface area contributed by atoms with Gasteiger partial charge in [-0.2, -0.15) is 0 Å². The Bertz CT molecular complexity index is 801. The third kappa shape index (κ3) is 8.57. The number of urea groups is 2. The largest absolute Gasteiger partial charge is 0.327 e. The van der Waals surface area contributed by atoms with Crippen LogP contribution in [0.4, 0.5) is 9.59 Å². The van der Waals surface area contributed by atoms with Crippen molar-refractivity contribution in [3.05, 3.63) is 12.7 Å². The lowest BCUT2D eigenvalue weighted by Gasteiger charge is -2.25. The maximum Gasteiger partial charge on any atom is 0.327 e. The molecule has 6 amide bonds. The topological polar surface area (TPSA) is 81.2 Å². The van der Waals surface area contributed by atoms with Gasteiger partial charge in [-0.3, -0.25) is 19.4 Å². The van der Waals surface area contributed by atoms with Crippen LogP contribution in [0.25, 0.3) is 0 Å². The maximum atomic E-state index is 12.9. The highest BCUT2D eigenvalue weighted by Gasteiger charge is 2.44. The fourth-order valence-electron chi connectivity index (χ4n) is 5.16.